The Morgan fingerprint density at radius 2 is 1.80 bits per heavy atom. The molecule has 2 N–H and O–H groups in total. The average Bonchev–Trinajstić information content (AvgIpc) is 2.73. The first-order valence-electron chi connectivity index (χ1n) is 9.68. The number of amides is 2. The van der Waals surface area contributed by atoms with Crippen LogP contribution in [0.5, 0.6) is 11.5 Å². The number of ether oxygens (including phenoxy) is 2. The Balaban J connectivity index is 2.21. The van der Waals surface area contributed by atoms with Gasteiger partial charge in [0, 0.05) is 13.1 Å². The third-order valence-corrected chi connectivity index (χ3v) is 4.78. The summed E-state index contributed by atoms with van der Waals surface area (Å²) in [5, 5.41) is 14.1. The van der Waals surface area contributed by atoms with Crippen LogP contribution in [0.15, 0.2) is 27.8 Å². The zero-order valence-electron chi connectivity index (χ0n) is 17.0. The summed E-state index contributed by atoms with van der Waals surface area (Å²) < 4.78 is 13.5. The van der Waals surface area contributed by atoms with E-state index < -0.39 is 23.3 Å². The lowest BCUT2D eigenvalue weighted by Gasteiger charge is -2.29. The van der Waals surface area contributed by atoms with E-state index in [-0.39, 0.29) is 24.5 Å². The molecule has 1 aromatic heterocycles. The summed E-state index contributed by atoms with van der Waals surface area (Å²) in [5.74, 6) is 0.958. The van der Waals surface area contributed by atoms with Crippen molar-refractivity contribution in [1.82, 2.24) is 14.5 Å². The molecule has 30 heavy (non-hydrogen) atoms. The quantitative estimate of drug-likeness (QED) is 0.709. The second kappa shape index (κ2) is 8.73. The predicted molar refractivity (Wildman–Crippen MR) is 109 cm³/mol. The largest absolute Gasteiger partial charge is 0.490 e. The van der Waals surface area contributed by atoms with Crippen molar-refractivity contribution < 1.29 is 14.3 Å². The number of carbonyl (C=O) groups excluding carboxylic acids is 1. The van der Waals surface area contributed by atoms with E-state index in [0.29, 0.717) is 30.2 Å². The van der Waals surface area contributed by atoms with Crippen molar-refractivity contribution in [2.45, 2.75) is 39.9 Å². The summed E-state index contributed by atoms with van der Waals surface area (Å²) in [7, 11) is 0. The number of urea groups is 1. The van der Waals surface area contributed by atoms with Crippen molar-refractivity contribution in [3.05, 3.63) is 50.2 Å². The van der Waals surface area contributed by atoms with Gasteiger partial charge in [0.1, 0.15) is 11.9 Å². The lowest BCUT2D eigenvalue weighted by Crippen LogP contribution is -2.50. The molecule has 1 aliphatic rings. The molecule has 0 fully saturated rings. The molecule has 0 aliphatic carbocycles. The minimum absolute atomic E-state index is 0.143. The van der Waals surface area contributed by atoms with Crippen molar-refractivity contribution in [2.24, 2.45) is 0 Å². The van der Waals surface area contributed by atoms with E-state index in [0.717, 1.165) is 4.57 Å². The summed E-state index contributed by atoms with van der Waals surface area (Å²) in [6, 6.07) is 5.56. The highest BCUT2D eigenvalue weighted by Gasteiger charge is 2.33. The highest BCUT2D eigenvalue weighted by molar-refractivity contribution is 5.92. The van der Waals surface area contributed by atoms with Crippen LogP contribution in [-0.2, 0) is 13.1 Å². The summed E-state index contributed by atoms with van der Waals surface area (Å²) in [6.45, 7) is 6.01. The van der Waals surface area contributed by atoms with E-state index >= 15 is 0 Å². The first-order valence-corrected chi connectivity index (χ1v) is 9.68. The van der Waals surface area contributed by atoms with E-state index in [1.165, 1.54) is 4.57 Å². The normalized spacial score (nSPS) is 14.9. The van der Waals surface area contributed by atoms with Gasteiger partial charge in [-0.2, -0.15) is 5.26 Å². The molecule has 3 rings (SSSR count). The van der Waals surface area contributed by atoms with Gasteiger partial charge in [-0.05, 0) is 38.5 Å². The molecule has 2 aromatic rings. The average molecular weight is 413 g/mol. The lowest BCUT2D eigenvalue weighted by atomic mass is 9.98. The molecule has 1 aromatic carbocycles. The zero-order chi connectivity index (χ0) is 21.8. The van der Waals surface area contributed by atoms with Crippen molar-refractivity contribution in [3.63, 3.8) is 0 Å². The molecule has 2 amide bonds. The molecular weight excluding hydrogens is 390 g/mol. The predicted octanol–water partition coefficient (Wildman–Crippen LogP) is 1.58. The second-order valence-corrected chi connectivity index (χ2v) is 6.46. The van der Waals surface area contributed by atoms with Crippen LogP contribution in [-0.4, -0.2) is 28.4 Å². The van der Waals surface area contributed by atoms with Crippen LogP contribution in [0, 0.1) is 11.3 Å². The number of benzene rings is 1. The fourth-order valence-electron chi connectivity index (χ4n) is 3.49. The Bertz CT molecular complexity index is 1130. The number of nitrogens with one attached hydrogen (secondary N) is 2. The molecular formula is C20H23N5O5. The van der Waals surface area contributed by atoms with Crippen LogP contribution in [0.4, 0.5) is 10.6 Å². The van der Waals surface area contributed by atoms with Gasteiger partial charge in [0.15, 0.2) is 18.1 Å². The standard InChI is InChI=1S/C20H23N5O5/c1-4-24-17-15(18(26)25(5-2)20(24)28)16(22-19(27)23-17)12-7-8-13(30-10-9-21)14(11-12)29-6-3/h7-8,11,16H,4-6,10H2,1-3H3,(H2,22,23,27). The molecule has 1 atom stereocenters. The van der Waals surface area contributed by atoms with E-state index in [2.05, 4.69) is 10.6 Å². The summed E-state index contributed by atoms with van der Waals surface area (Å²) in [4.78, 5) is 38.1. The molecule has 0 radical (unpaired) electrons. The Hall–Kier alpha value is -3.74. The molecule has 0 bridgehead atoms. The number of rotatable bonds is 7. The van der Waals surface area contributed by atoms with Crippen molar-refractivity contribution >= 4 is 11.8 Å². The number of nitriles is 1. The molecule has 0 saturated heterocycles. The molecule has 1 unspecified atom stereocenters. The first-order chi connectivity index (χ1) is 14.5. The van der Waals surface area contributed by atoms with Gasteiger partial charge in [0.2, 0.25) is 0 Å². The Labute approximate surface area is 172 Å². The summed E-state index contributed by atoms with van der Waals surface area (Å²) in [5.41, 5.74) is -0.0895. The molecule has 0 saturated carbocycles. The third kappa shape index (κ3) is 3.61. The minimum Gasteiger partial charge on any atom is -0.490 e. The van der Waals surface area contributed by atoms with Gasteiger partial charge in [0.25, 0.3) is 5.56 Å². The van der Waals surface area contributed by atoms with Crippen LogP contribution in [0.25, 0.3) is 0 Å². The van der Waals surface area contributed by atoms with Gasteiger partial charge in [-0.15, -0.1) is 0 Å². The van der Waals surface area contributed by atoms with Gasteiger partial charge < -0.3 is 14.8 Å². The number of carbonyl (C=O) groups is 1. The van der Waals surface area contributed by atoms with E-state index in [4.69, 9.17) is 14.7 Å². The number of anilines is 1. The van der Waals surface area contributed by atoms with Crippen LogP contribution < -0.4 is 31.4 Å². The van der Waals surface area contributed by atoms with Crippen LogP contribution in [0.1, 0.15) is 37.9 Å². The third-order valence-electron chi connectivity index (χ3n) is 4.78. The molecule has 0 spiro atoms. The molecule has 2 heterocycles. The number of aromatic nitrogens is 2. The topological polar surface area (TPSA) is 127 Å². The summed E-state index contributed by atoms with van der Waals surface area (Å²) >= 11 is 0. The fraction of sp³-hybridized carbons (Fsp3) is 0.400. The van der Waals surface area contributed by atoms with Gasteiger partial charge in [-0.3, -0.25) is 19.2 Å². The first kappa shape index (κ1) is 21.0. The smallest absolute Gasteiger partial charge is 0.332 e. The van der Waals surface area contributed by atoms with Crippen molar-refractivity contribution in [2.75, 3.05) is 18.5 Å². The van der Waals surface area contributed by atoms with Gasteiger partial charge >= 0.3 is 11.7 Å². The van der Waals surface area contributed by atoms with Crippen molar-refractivity contribution in [1.29, 1.82) is 5.26 Å². The Kier molecular flexibility index (Phi) is 6.11. The maximum Gasteiger partial charge on any atom is 0.332 e. The van der Waals surface area contributed by atoms with Gasteiger partial charge in [-0.1, -0.05) is 6.07 Å². The fourth-order valence-corrected chi connectivity index (χ4v) is 3.49. The van der Waals surface area contributed by atoms with Crippen LogP contribution in [0.3, 0.4) is 0 Å². The monoisotopic (exact) mass is 413 g/mol. The minimum atomic E-state index is -0.790. The maximum absolute atomic E-state index is 13.1. The molecule has 10 nitrogen and oxygen atoms in total. The van der Waals surface area contributed by atoms with Crippen LogP contribution in [0.2, 0.25) is 0 Å². The van der Waals surface area contributed by atoms with E-state index in [1.54, 1.807) is 32.0 Å². The van der Waals surface area contributed by atoms with E-state index in [9.17, 15) is 14.4 Å². The maximum atomic E-state index is 13.1. The number of nitrogens with zero attached hydrogens (tertiary/aromatic N) is 3. The van der Waals surface area contributed by atoms with Gasteiger partial charge in [0.05, 0.1) is 18.2 Å². The second-order valence-electron chi connectivity index (χ2n) is 6.46. The van der Waals surface area contributed by atoms with Crippen LogP contribution >= 0.6 is 0 Å². The highest BCUT2D eigenvalue weighted by Crippen LogP contribution is 2.35. The number of hydrogen-bond donors (Lipinski definition) is 2. The van der Waals surface area contributed by atoms with Crippen molar-refractivity contribution in [3.8, 4) is 17.6 Å². The SMILES string of the molecule is CCOc1cc(C2NC(=O)Nc3c2c(=O)n(CC)c(=O)n3CC)ccc1OCC#N. The Morgan fingerprint density at radius 3 is 2.43 bits per heavy atom. The molecule has 10 heteroatoms. The lowest BCUT2D eigenvalue weighted by molar-refractivity contribution is 0.248. The Morgan fingerprint density at radius 1 is 1.07 bits per heavy atom. The number of hydrogen-bond acceptors (Lipinski definition) is 6. The summed E-state index contributed by atoms with van der Waals surface area (Å²) in [6.07, 6.45) is 0. The van der Waals surface area contributed by atoms with E-state index in [1.807, 2.05) is 13.0 Å². The zero-order valence-corrected chi connectivity index (χ0v) is 17.0. The van der Waals surface area contributed by atoms with Gasteiger partial charge in [-0.25, -0.2) is 9.59 Å². The highest BCUT2D eigenvalue weighted by atomic mass is 16.5. The number of fused-ring (bicyclic) bond motifs is 1. The molecule has 1 aliphatic heterocycles. The molecule has 158 valence electrons.